The first-order valence-corrected chi connectivity index (χ1v) is 16.7. The number of hydrogen-bond donors (Lipinski definition) is 1. The van der Waals surface area contributed by atoms with E-state index in [9.17, 15) is 18.0 Å². The average Bonchev–Trinajstić information content (AvgIpc) is 2.98. The lowest BCUT2D eigenvalue weighted by Gasteiger charge is -2.34. The lowest BCUT2D eigenvalue weighted by molar-refractivity contribution is -0.140. The second-order valence-electron chi connectivity index (χ2n) is 11.2. The number of nitrogens with one attached hydrogen (secondary N) is 1. The molecule has 0 spiro atoms. The molecular weight excluding hydrogens is 638 g/mol. The molecule has 4 aromatic rings. The SMILES string of the molecule is Cc1ccc(S(=O)(=O)N(CC(=O)N(Cc2ccc(Br)cc2)[C@@H](Cc2ccccc2)C(=O)NC(C)C)c2cccc(C)c2)cc1. The van der Waals surface area contributed by atoms with Crippen molar-refractivity contribution >= 4 is 43.5 Å². The van der Waals surface area contributed by atoms with Gasteiger partial charge in [0.2, 0.25) is 11.8 Å². The molecule has 0 fully saturated rings. The summed E-state index contributed by atoms with van der Waals surface area (Å²) < 4.78 is 30.3. The molecule has 4 aromatic carbocycles. The van der Waals surface area contributed by atoms with Crippen LogP contribution < -0.4 is 9.62 Å². The van der Waals surface area contributed by atoms with Gasteiger partial charge in [0.15, 0.2) is 0 Å². The zero-order valence-electron chi connectivity index (χ0n) is 25.4. The predicted molar refractivity (Wildman–Crippen MR) is 179 cm³/mol. The standard InChI is InChI=1S/C35H38BrN3O4S/c1-25(2)37-35(41)33(22-28-10-6-5-7-11-28)38(23-29-15-17-30(36)18-16-29)34(40)24-39(31-12-8-9-27(4)21-31)44(42,43)32-19-13-26(3)14-20-32/h5-21,25,33H,22-24H2,1-4H3,(H,37,41)/t33-/m0/s1. The number of amides is 2. The summed E-state index contributed by atoms with van der Waals surface area (Å²) in [5.74, 6) is -0.803. The van der Waals surface area contributed by atoms with Gasteiger partial charge in [-0.1, -0.05) is 88.2 Å². The van der Waals surface area contributed by atoms with Crippen molar-refractivity contribution in [3.8, 4) is 0 Å². The third-order valence-corrected chi connectivity index (χ3v) is 9.46. The van der Waals surface area contributed by atoms with Crippen molar-refractivity contribution in [1.82, 2.24) is 10.2 Å². The molecule has 1 atom stereocenters. The summed E-state index contributed by atoms with van der Waals surface area (Å²) in [5.41, 5.74) is 3.83. The van der Waals surface area contributed by atoms with Crippen LogP contribution in [0.4, 0.5) is 5.69 Å². The van der Waals surface area contributed by atoms with E-state index in [1.807, 2.05) is 88.4 Å². The van der Waals surface area contributed by atoms with Crippen LogP contribution in [0.1, 0.15) is 36.1 Å². The van der Waals surface area contributed by atoms with E-state index in [0.717, 1.165) is 31.0 Å². The Kier molecular flexibility index (Phi) is 11.0. The van der Waals surface area contributed by atoms with E-state index >= 15 is 0 Å². The van der Waals surface area contributed by atoms with Crippen LogP contribution in [0.2, 0.25) is 0 Å². The van der Waals surface area contributed by atoms with Crippen LogP contribution >= 0.6 is 15.9 Å². The fourth-order valence-corrected chi connectivity index (χ4v) is 6.54. The number of aryl methyl sites for hydroxylation is 2. The summed E-state index contributed by atoms with van der Waals surface area (Å²) in [6.45, 7) is 7.11. The first-order chi connectivity index (χ1) is 20.9. The van der Waals surface area contributed by atoms with Gasteiger partial charge >= 0.3 is 0 Å². The minimum absolute atomic E-state index is 0.0789. The Morgan fingerprint density at radius 1 is 0.795 bits per heavy atom. The van der Waals surface area contributed by atoms with Gasteiger partial charge < -0.3 is 10.2 Å². The highest BCUT2D eigenvalue weighted by Crippen LogP contribution is 2.26. The minimum atomic E-state index is -4.14. The fraction of sp³-hybridized carbons (Fsp3) is 0.257. The molecule has 0 radical (unpaired) electrons. The number of carbonyl (C=O) groups excluding carboxylic acids is 2. The summed E-state index contributed by atoms with van der Waals surface area (Å²) in [4.78, 5) is 29.8. The van der Waals surface area contributed by atoms with Gasteiger partial charge in [-0.15, -0.1) is 0 Å². The van der Waals surface area contributed by atoms with Crippen molar-refractivity contribution in [2.24, 2.45) is 0 Å². The van der Waals surface area contributed by atoms with Gasteiger partial charge in [-0.3, -0.25) is 13.9 Å². The maximum Gasteiger partial charge on any atom is 0.264 e. The third-order valence-electron chi connectivity index (χ3n) is 7.15. The molecule has 0 saturated heterocycles. The van der Waals surface area contributed by atoms with Crippen LogP contribution in [0, 0.1) is 13.8 Å². The molecule has 2 amide bonds. The van der Waals surface area contributed by atoms with Crippen molar-refractivity contribution in [3.05, 3.63) is 130 Å². The lowest BCUT2D eigenvalue weighted by atomic mass is 10.0. The van der Waals surface area contributed by atoms with Gasteiger partial charge in [0, 0.05) is 23.5 Å². The Labute approximate surface area is 269 Å². The van der Waals surface area contributed by atoms with Crippen LogP contribution in [0.3, 0.4) is 0 Å². The van der Waals surface area contributed by atoms with E-state index in [1.54, 1.807) is 42.5 Å². The van der Waals surface area contributed by atoms with Crippen LogP contribution in [0.5, 0.6) is 0 Å². The molecule has 0 aliphatic rings. The molecule has 0 aliphatic heterocycles. The molecule has 0 aromatic heterocycles. The number of rotatable bonds is 12. The number of sulfonamides is 1. The molecule has 7 nitrogen and oxygen atoms in total. The van der Waals surface area contributed by atoms with Gasteiger partial charge in [-0.05, 0) is 80.8 Å². The Morgan fingerprint density at radius 2 is 1.45 bits per heavy atom. The van der Waals surface area contributed by atoms with Crippen molar-refractivity contribution in [2.45, 2.75) is 57.6 Å². The molecule has 9 heteroatoms. The molecule has 0 heterocycles. The Morgan fingerprint density at radius 3 is 2.07 bits per heavy atom. The van der Waals surface area contributed by atoms with Gasteiger partial charge in [0.05, 0.1) is 10.6 Å². The molecule has 230 valence electrons. The van der Waals surface area contributed by atoms with E-state index < -0.39 is 28.5 Å². The van der Waals surface area contributed by atoms with Crippen molar-refractivity contribution in [3.63, 3.8) is 0 Å². The molecule has 0 bridgehead atoms. The number of hydrogen-bond acceptors (Lipinski definition) is 4. The maximum absolute atomic E-state index is 14.5. The molecule has 0 saturated carbocycles. The molecule has 0 unspecified atom stereocenters. The Balaban J connectivity index is 1.80. The highest BCUT2D eigenvalue weighted by Gasteiger charge is 2.34. The molecule has 0 aliphatic carbocycles. The van der Waals surface area contributed by atoms with E-state index in [-0.39, 0.29) is 29.8 Å². The summed E-state index contributed by atoms with van der Waals surface area (Å²) in [6, 6.07) is 29.6. The van der Waals surface area contributed by atoms with Gasteiger partial charge in [-0.25, -0.2) is 8.42 Å². The Hall–Kier alpha value is -3.95. The van der Waals surface area contributed by atoms with Crippen molar-refractivity contribution < 1.29 is 18.0 Å². The fourth-order valence-electron chi connectivity index (χ4n) is 4.87. The van der Waals surface area contributed by atoms with Gasteiger partial charge in [0.25, 0.3) is 10.0 Å². The quantitative estimate of drug-likeness (QED) is 0.188. The number of halogens is 1. The van der Waals surface area contributed by atoms with Crippen LogP contribution in [-0.2, 0) is 32.6 Å². The molecule has 4 rings (SSSR count). The lowest BCUT2D eigenvalue weighted by Crippen LogP contribution is -2.54. The summed E-state index contributed by atoms with van der Waals surface area (Å²) in [6.07, 6.45) is 0.261. The maximum atomic E-state index is 14.5. The minimum Gasteiger partial charge on any atom is -0.352 e. The van der Waals surface area contributed by atoms with E-state index in [2.05, 4.69) is 21.2 Å². The normalized spacial score (nSPS) is 12.0. The summed E-state index contributed by atoms with van der Waals surface area (Å²) in [5, 5.41) is 2.97. The smallest absolute Gasteiger partial charge is 0.264 e. The average molecular weight is 677 g/mol. The topological polar surface area (TPSA) is 86.8 Å². The molecule has 1 N–H and O–H groups in total. The second-order valence-corrected chi connectivity index (χ2v) is 14.0. The van der Waals surface area contributed by atoms with Crippen LogP contribution in [0.25, 0.3) is 0 Å². The van der Waals surface area contributed by atoms with E-state index in [1.165, 1.54) is 4.90 Å². The molecular formula is C35H38BrN3O4S. The number of benzene rings is 4. The zero-order valence-corrected chi connectivity index (χ0v) is 27.8. The molecule has 44 heavy (non-hydrogen) atoms. The van der Waals surface area contributed by atoms with Crippen LogP contribution in [0.15, 0.2) is 112 Å². The van der Waals surface area contributed by atoms with Gasteiger partial charge in [-0.2, -0.15) is 0 Å². The van der Waals surface area contributed by atoms with Gasteiger partial charge in [0.1, 0.15) is 12.6 Å². The first kappa shape index (κ1) is 33.0. The number of carbonyl (C=O) groups is 2. The predicted octanol–water partition coefficient (Wildman–Crippen LogP) is 6.43. The summed E-state index contributed by atoms with van der Waals surface area (Å²) in [7, 11) is -4.14. The van der Waals surface area contributed by atoms with E-state index in [0.29, 0.717) is 5.69 Å². The van der Waals surface area contributed by atoms with Crippen LogP contribution in [-0.4, -0.2) is 43.8 Å². The number of anilines is 1. The third kappa shape index (κ3) is 8.57. The Bertz CT molecular complexity index is 1680. The van der Waals surface area contributed by atoms with Crippen molar-refractivity contribution in [1.29, 1.82) is 0 Å². The van der Waals surface area contributed by atoms with E-state index in [4.69, 9.17) is 0 Å². The number of nitrogens with zero attached hydrogens (tertiary/aromatic N) is 2. The second kappa shape index (κ2) is 14.7. The van der Waals surface area contributed by atoms with Crippen molar-refractivity contribution in [2.75, 3.05) is 10.8 Å². The monoisotopic (exact) mass is 675 g/mol. The largest absolute Gasteiger partial charge is 0.352 e. The first-order valence-electron chi connectivity index (χ1n) is 14.5. The highest BCUT2D eigenvalue weighted by molar-refractivity contribution is 9.10. The summed E-state index contributed by atoms with van der Waals surface area (Å²) >= 11 is 3.46. The zero-order chi connectivity index (χ0) is 31.9. The highest BCUT2D eigenvalue weighted by atomic mass is 79.9.